The molecule has 3 aromatic heterocycles. The Labute approximate surface area is 172 Å². The highest BCUT2D eigenvalue weighted by Crippen LogP contribution is 2.35. The fourth-order valence-electron chi connectivity index (χ4n) is 4.50. The highest BCUT2D eigenvalue weighted by Gasteiger charge is 2.42. The van der Waals surface area contributed by atoms with Crippen molar-refractivity contribution in [2.45, 2.75) is 6.54 Å². The van der Waals surface area contributed by atoms with Crippen LogP contribution in [0.25, 0.3) is 11.2 Å². The van der Waals surface area contributed by atoms with Gasteiger partial charge in [-0.15, -0.1) is 0 Å². The van der Waals surface area contributed by atoms with Crippen molar-refractivity contribution in [1.82, 2.24) is 29.4 Å². The minimum absolute atomic E-state index is 0.163. The number of imidazole rings is 1. The number of anilines is 1. The van der Waals surface area contributed by atoms with Crippen LogP contribution in [-0.4, -0.2) is 75.2 Å². The molecule has 2 aliphatic heterocycles. The summed E-state index contributed by atoms with van der Waals surface area (Å²) in [5, 5.41) is 0. The second-order valence-electron chi connectivity index (χ2n) is 7.83. The number of likely N-dealkylation sites (tertiary alicyclic amines) is 1. The van der Waals surface area contributed by atoms with Crippen molar-refractivity contribution in [2.75, 3.05) is 44.8 Å². The molecule has 2 saturated heterocycles. The van der Waals surface area contributed by atoms with Crippen LogP contribution in [0.2, 0.25) is 0 Å². The van der Waals surface area contributed by atoms with Crippen LogP contribution in [0, 0.1) is 17.7 Å². The largest absolute Gasteiger partial charge is 0.383 e. The van der Waals surface area contributed by atoms with E-state index in [0.717, 1.165) is 36.3 Å². The molecule has 2 atom stereocenters. The zero-order valence-electron chi connectivity index (χ0n) is 16.6. The molecule has 3 aromatic rings. The average Bonchev–Trinajstić information content (AvgIpc) is 3.44. The SMILES string of the molecule is COCCn1cnc2c(N3CC4CN(C(=O)c5cncc(F)c5)CC4C3)ncnc21. The van der Waals surface area contributed by atoms with Gasteiger partial charge in [0.25, 0.3) is 5.91 Å². The molecule has 0 radical (unpaired) electrons. The van der Waals surface area contributed by atoms with Gasteiger partial charge in [-0.3, -0.25) is 9.78 Å². The van der Waals surface area contributed by atoms with Gasteiger partial charge < -0.3 is 19.1 Å². The molecule has 0 aliphatic carbocycles. The molecule has 0 spiro atoms. The van der Waals surface area contributed by atoms with Crippen LogP contribution in [0.15, 0.2) is 31.1 Å². The fraction of sp³-hybridized carbons (Fsp3) is 0.450. The van der Waals surface area contributed by atoms with Crippen molar-refractivity contribution in [3.05, 3.63) is 42.5 Å². The molecular weight excluding hydrogens is 389 g/mol. The Morgan fingerprint density at radius 2 is 1.97 bits per heavy atom. The molecule has 0 saturated carbocycles. The zero-order valence-corrected chi connectivity index (χ0v) is 16.6. The lowest BCUT2D eigenvalue weighted by molar-refractivity contribution is 0.0781. The standard InChI is InChI=1S/C20H22FN7O2/c1-30-3-2-26-12-25-17-18(26)23-11-24-19(17)27-7-14-9-28(10-15(14)8-27)20(29)13-4-16(21)6-22-5-13/h4-6,11-12,14-15H,2-3,7-10H2,1H3. The lowest BCUT2D eigenvalue weighted by Crippen LogP contribution is -2.33. The molecular formula is C20H22FN7O2. The summed E-state index contributed by atoms with van der Waals surface area (Å²) < 4.78 is 20.5. The van der Waals surface area contributed by atoms with Gasteiger partial charge in [0.1, 0.15) is 12.1 Å². The first-order valence-corrected chi connectivity index (χ1v) is 9.93. The van der Waals surface area contributed by atoms with Crippen LogP contribution in [0.4, 0.5) is 10.2 Å². The summed E-state index contributed by atoms with van der Waals surface area (Å²) in [6.07, 6.45) is 5.87. The van der Waals surface area contributed by atoms with E-state index in [1.54, 1.807) is 24.7 Å². The Hall–Kier alpha value is -3.14. The number of amides is 1. The normalized spacial score (nSPS) is 20.9. The summed E-state index contributed by atoms with van der Waals surface area (Å²) in [5.41, 5.74) is 1.88. The molecule has 30 heavy (non-hydrogen) atoms. The summed E-state index contributed by atoms with van der Waals surface area (Å²) in [4.78, 5) is 34.0. The van der Waals surface area contributed by atoms with Crippen molar-refractivity contribution in [3.63, 3.8) is 0 Å². The Bertz CT molecular complexity index is 1070. The first-order valence-electron chi connectivity index (χ1n) is 9.93. The minimum atomic E-state index is -0.496. The highest BCUT2D eigenvalue weighted by atomic mass is 19.1. The number of aromatic nitrogens is 5. The molecule has 5 heterocycles. The predicted octanol–water partition coefficient (Wildman–Crippen LogP) is 1.22. The van der Waals surface area contributed by atoms with E-state index in [4.69, 9.17) is 4.74 Å². The molecule has 2 fully saturated rings. The number of fused-ring (bicyclic) bond motifs is 2. The number of pyridine rings is 1. The van der Waals surface area contributed by atoms with Crippen LogP contribution in [-0.2, 0) is 11.3 Å². The number of hydrogen-bond donors (Lipinski definition) is 0. The van der Waals surface area contributed by atoms with Gasteiger partial charge >= 0.3 is 0 Å². The molecule has 10 heteroatoms. The average molecular weight is 411 g/mol. The van der Waals surface area contributed by atoms with Crippen molar-refractivity contribution in [3.8, 4) is 0 Å². The molecule has 1 amide bonds. The number of halogens is 1. The van der Waals surface area contributed by atoms with E-state index in [1.165, 1.54) is 12.3 Å². The number of carbonyl (C=O) groups excluding carboxylic acids is 1. The second kappa shape index (κ2) is 7.60. The number of methoxy groups -OCH3 is 1. The molecule has 9 nitrogen and oxygen atoms in total. The van der Waals surface area contributed by atoms with E-state index >= 15 is 0 Å². The van der Waals surface area contributed by atoms with E-state index in [1.807, 2.05) is 4.57 Å². The third-order valence-corrected chi connectivity index (χ3v) is 5.94. The van der Waals surface area contributed by atoms with Crippen LogP contribution < -0.4 is 4.90 Å². The van der Waals surface area contributed by atoms with Crippen molar-refractivity contribution in [1.29, 1.82) is 0 Å². The number of rotatable bonds is 5. The number of hydrogen-bond acceptors (Lipinski definition) is 7. The van der Waals surface area contributed by atoms with Gasteiger partial charge in [0.05, 0.1) is 24.7 Å². The van der Waals surface area contributed by atoms with Gasteiger partial charge in [-0.2, -0.15) is 0 Å². The van der Waals surface area contributed by atoms with E-state index in [0.29, 0.717) is 43.6 Å². The molecule has 0 aromatic carbocycles. The minimum Gasteiger partial charge on any atom is -0.383 e. The van der Waals surface area contributed by atoms with Crippen LogP contribution in [0.5, 0.6) is 0 Å². The second-order valence-corrected chi connectivity index (χ2v) is 7.83. The Morgan fingerprint density at radius 1 is 1.17 bits per heavy atom. The van der Waals surface area contributed by atoms with Crippen molar-refractivity contribution in [2.24, 2.45) is 11.8 Å². The summed E-state index contributed by atoms with van der Waals surface area (Å²) in [6, 6.07) is 1.24. The monoisotopic (exact) mass is 411 g/mol. The first kappa shape index (κ1) is 18.9. The third kappa shape index (κ3) is 3.26. The van der Waals surface area contributed by atoms with E-state index in [-0.39, 0.29) is 5.91 Å². The Kier molecular flexibility index (Phi) is 4.78. The van der Waals surface area contributed by atoms with Gasteiger partial charge in [-0.05, 0) is 6.07 Å². The van der Waals surface area contributed by atoms with Crippen molar-refractivity contribution < 1.29 is 13.9 Å². The van der Waals surface area contributed by atoms with Crippen LogP contribution in [0.1, 0.15) is 10.4 Å². The third-order valence-electron chi connectivity index (χ3n) is 5.94. The Balaban J connectivity index is 1.30. The molecule has 2 aliphatic rings. The number of carbonyl (C=O) groups is 1. The van der Waals surface area contributed by atoms with E-state index in [2.05, 4.69) is 24.8 Å². The summed E-state index contributed by atoms with van der Waals surface area (Å²) in [5.74, 6) is 0.860. The predicted molar refractivity (Wildman–Crippen MR) is 106 cm³/mol. The molecule has 2 unspecified atom stereocenters. The van der Waals surface area contributed by atoms with Gasteiger partial charge in [-0.25, -0.2) is 19.3 Å². The summed E-state index contributed by atoms with van der Waals surface area (Å²) in [6.45, 7) is 4.16. The topological polar surface area (TPSA) is 89.3 Å². The lowest BCUT2D eigenvalue weighted by atomic mass is 10.0. The zero-order chi connectivity index (χ0) is 20.7. The van der Waals surface area contributed by atoms with Crippen LogP contribution >= 0.6 is 0 Å². The maximum Gasteiger partial charge on any atom is 0.255 e. The van der Waals surface area contributed by atoms with Crippen molar-refractivity contribution >= 4 is 22.9 Å². The maximum absolute atomic E-state index is 13.4. The quantitative estimate of drug-likeness (QED) is 0.624. The van der Waals surface area contributed by atoms with E-state index in [9.17, 15) is 9.18 Å². The van der Waals surface area contributed by atoms with E-state index < -0.39 is 5.82 Å². The van der Waals surface area contributed by atoms with Gasteiger partial charge in [-0.1, -0.05) is 0 Å². The molecule has 0 bridgehead atoms. The van der Waals surface area contributed by atoms with Gasteiger partial charge in [0, 0.05) is 57.9 Å². The number of ether oxygens (including phenoxy) is 1. The first-order chi connectivity index (χ1) is 14.6. The lowest BCUT2D eigenvalue weighted by Gasteiger charge is -2.22. The highest BCUT2D eigenvalue weighted by molar-refractivity contribution is 5.94. The van der Waals surface area contributed by atoms with Gasteiger partial charge in [0.15, 0.2) is 17.0 Å². The number of nitrogens with zero attached hydrogens (tertiary/aromatic N) is 7. The summed E-state index contributed by atoms with van der Waals surface area (Å²) in [7, 11) is 1.67. The molecule has 5 rings (SSSR count). The van der Waals surface area contributed by atoms with Gasteiger partial charge in [0.2, 0.25) is 0 Å². The fourth-order valence-corrected chi connectivity index (χ4v) is 4.50. The van der Waals surface area contributed by atoms with Crippen LogP contribution in [0.3, 0.4) is 0 Å². The Morgan fingerprint density at radius 3 is 2.70 bits per heavy atom. The molecule has 0 N–H and O–H groups in total. The molecule has 156 valence electrons. The summed E-state index contributed by atoms with van der Waals surface area (Å²) >= 11 is 0. The maximum atomic E-state index is 13.4. The smallest absolute Gasteiger partial charge is 0.255 e.